The van der Waals surface area contributed by atoms with Crippen molar-refractivity contribution in [1.82, 2.24) is 0 Å². The average Bonchev–Trinajstić information content (AvgIpc) is 2.11. The Morgan fingerprint density at radius 3 is 2.73 bits per heavy atom. The van der Waals surface area contributed by atoms with Crippen LogP contribution in [0.3, 0.4) is 0 Å². The van der Waals surface area contributed by atoms with E-state index in [0.29, 0.717) is 12.3 Å². The van der Waals surface area contributed by atoms with E-state index in [-0.39, 0.29) is 12.4 Å². The van der Waals surface area contributed by atoms with Crippen molar-refractivity contribution >= 4 is 27.6 Å². The van der Waals surface area contributed by atoms with Gasteiger partial charge in [0, 0.05) is 10.2 Å². The minimum Gasteiger partial charge on any atom is -0.466 e. The average molecular weight is 272 g/mol. The molecule has 15 heavy (non-hydrogen) atoms. The predicted molar refractivity (Wildman–Crippen MR) is 63.6 cm³/mol. The number of rotatable bonds is 3. The topological polar surface area (TPSA) is 52.3 Å². The molecule has 0 saturated heterocycles. The summed E-state index contributed by atoms with van der Waals surface area (Å²) in [6.07, 6.45) is 0.278. The highest BCUT2D eigenvalue weighted by atomic mass is 79.9. The van der Waals surface area contributed by atoms with E-state index < -0.39 is 0 Å². The molecule has 82 valence electrons. The maximum atomic E-state index is 11.3. The minimum atomic E-state index is -0.217. The summed E-state index contributed by atoms with van der Waals surface area (Å²) >= 11 is 3.39. The number of nitrogen functional groups attached to an aromatic ring is 1. The number of nitrogens with two attached hydrogens (primary N) is 1. The Morgan fingerprint density at radius 2 is 2.20 bits per heavy atom. The van der Waals surface area contributed by atoms with Gasteiger partial charge in [0.25, 0.3) is 0 Å². The molecule has 0 unspecified atom stereocenters. The summed E-state index contributed by atoms with van der Waals surface area (Å²) in [5.74, 6) is -0.217. The molecule has 1 rings (SSSR count). The van der Waals surface area contributed by atoms with E-state index >= 15 is 0 Å². The van der Waals surface area contributed by atoms with E-state index in [1.165, 1.54) is 0 Å². The SMILES string of the molecule is CCOC(=O)Cc1c(C)cc(N)cc1Br. The molecular weight excluding hydrogens is 258 g/mol. The molecule has 0 atom stereocenters. The van der Waals surface area contributed by atoms with Crippen LogP contribution in [-0.4, -0.2) is 12.6 Å². The quantitative estimate of drug-likeness (QED) is 0.679. The Labute approximate surface area is 97.7 Å². The maximum Gasteiger partial charge on any atom is 0.310 e. The number of carbonyl (C=O) groups excluding carboxylic acids is 1. The standard InChI is InChI=1S/C11H14BrNO2/c1-3-15-11(14)6-9-7(2)4-8(13)5-10(9)12/h4-5H,3,6,13H2,1-2H3. The Morgan fingerprint density at radius 1 is 1.53 bits per heavy atom. The molecular formula is C11H14BrNO2. The molecule has 3 nitrogen and oxygen atoms in total. The van der Waals surface area contributed by atoms with Crippen LogP contribution in [-0.2, 0) is 16.0 Å². The number of benzene rings is 1. The number of hydrogen-bond acceptors (Lipinski definition) is 3. The number of halogens is 1. The zero-order chi connectivity index (χ0) is 11.4. The van der Waals surface area contributed by atoms with Crippen molar-refractivity contribution in [3.05, 3.63) is 27.7 Å². The Kier molecular flexibility index (Phi) is 4.15. The van der Waals surface area contributed by atoms with Crippen molar-refractivity contribution < 1.29 is 9.53 Å². The third kappa shape index (κ3) is 3.23. The molecule has 1 aromatic carbocycles. The second kappa shape index (κ2) is 5.16. The van der Waals surface area contributed by atoms with Gasteiger partial charge in [0.1, 0.15) is 0 Å². The summed E-state index contributed by atoms with van der Waals surface area (Å²) in [4.78, 5) is 11.3. The van der Waals surface area contributed by atoms with Gasteiger partial charge in [0.05, 0.1) is 13.0 Å². The van der Waals surface area contributed by atoms with Crippen LogP contribution in [0.5, 0.6) is 0 Å². The van der Waals surface area contributed by atoms with Crippen LogP contribution >= 0.6 is 15.9 Å². The highest BCUT2D eigenvalue weighted by Gasteiger charge is 2.10. The monoisotopic (exact) mass is 271 g/mol. The van der Waals surface area contributed by atoms with Crippen LogP contribution in [0.2, 0.25) is 0 Å². The van der Waals surface area contributed by atoms with Crippen molar-refractivity contribution in [2.24, 2.45) is 0 Å². The number of carbonyl (C=O) groups is 1. The Balaban J connectivity index is 2.90. The molecule has 0 aliphatic carbocycles. The van der Waals surface area contributed by atoms with Crippen molar-refractivity contribution in [2.45, 2.75) is 20.3 Å². The maximum absolute atomic E-state index is 11.3. The van der Waals surface area contributed by atoms with Gasteiger partial charge in [-0.25, -0.2) is 0 Å². The van der Waals surface area contributed by atoms with Gasteiger partial charge in [-0.3, -0.25) is 4.79 Å². The fourth-order valence-corrected chi connectivity index (χ4v) is 2.10. The molecule has 0 heterocycles. The zero-order valence-corrected chi connectivity index (χ0v) is 10.4. The highest BCUT2D eigenvalue weighted by Crippen LogP contribution is 2.24. The van der Waals surface area contributed by atoms with Crippen LogP contribution in [0.15, 0.2) is 16.6 Å². The van der Waals surface area contributed by atoms with Gasteiger partial charge in [-0.1, -0.05) is 15.9 Å². The van der Waals surface area contributed by atoms with Crippen LogP contribution in [0, 0.1) is 6.92 Å². The van der Waals surface area contributed by atoms with Crippen LogP contribution in [0.1, 0.15) is 18.1 Å². The first kappa shape index (κ1) is 12.0. The molecule has 0 radical (unpaired) electrons. The van der Waals surface area contributed by atoms with Crippen molar-refractivity contribution in [3.8, 4) is 0 Å². The number of aryl methyl sites for hydroxylation is 1. The minimum absolute atomic E-state index is 0.217. The number of ether oxygens (including phenoxy) is 1. The van der Waals surface area contributed by atoms with Gasteiger partial charge in [-0.05, 0) is 37.1 Å². The fraction of sp³-hybridized carbons (Fsp3) is 0.364. The predicted octanol–water partition coefficient (Wildman–Crippen LogP) is 2.45. The lowest BCUT2D eigenvalue weighted by atomic mass is 10.1. The van der Waals surface area contributed by atoms with Gasteiger partial charge in [-0.2, -0.15) is 0 Å². The van der Waals surface area contributed by atoms with Gasteiger partial charge in [0.15, 0.2) is 0 Å². The number of hydrogen-bond donors (Lipinski definition) is 1. The van der Waals surface area contributed by atoms with Gasteiger partial charge < -0.3 is 10.5 Å². The highest BCUT2D eigenvalue weighted by molar-refractivity contribution is 9.10. The normalized spacial score (nSPS) is 10.1. The molecule has 2 N–H and O–H groups in total. The lowest BCUT2D eigenvalue weighted by Gasteiger charge is -2.09. The zero-order valence-electron chi connectivity index (χ0n) is 8.84. The molecule has 0 saturated carbocycles. The molecule has 0 aliphatic heterocycles. The van der Waals surface area contributed by atoms with Crippen molar-refractivity contribution in [2.75, 3.05) is 12.3 Å². The van der Waals surface area contributed by atoms with E-state index in [0.717, 1.165) is 15.6 Å². The summed E-state index contributed by atoms with van der Waals surface area (Å²) in [6.45, 7) is 4.13. The van der Waals surface area contributed by atoms with Gasteiger partial charge in [0.2, 0.25) is 0 Å². The molecule has 0 fully saturated rings. The van der Waals surface area contributed by atoms with E-state index in [9.17, 15) is 4.79 Å². The third-order valence-corrected chi connectivity index (χ3v) is 2.77. The van der Waals surface area contributed by atoms with Gasteiger partial charge >= 0.3 is 5.97 Å². The lowest BCUT2D eigenvalue weighted by Crippen LogP contribution is -2.09. The summed E-state index contributed by atoms with van der Waals surface area (Å²) in [5, 5.41) is 0. The summed E-state index contributed by atoms with van der Waals surface area (Å²) in [5.41, 5.74) is 8.29. The van der Waals surface area contributed by atoms with Crippen molar-refractivity contribution in [3.63, 3.8) is 0 Å². The molecule has 0 aromatic heterocycles. The molecule has 1 aromatic rings. The van der Waals surface area contributed by atoms with E-state index in [1.807, 2.05) is 13.0 Å². The summed E-state index contributed by atoms with van der Waals surface area (Å²) in [7, 11) is 0. The van der Waals surface area contributed by atoms with E-state index in [4.69, 9.17) is 10.5 Å². The molecule has 0 bridgehead atoms. The molecule has 4 heteroatoms. The number of esters is 1. The van der Waals surface area contributed by atoms with E-state index in [1.54, 1.807) is 13.0 Å². The first-order chi connectivity index (χ1) is 7.04. The van der Waals surface area contributed by atoms with Crippen LogP contribution in [0.4, 0.5) is 5.69 Å². The largest absolute Gasteiger partial charge is 0.466 e. The molecule has 0 aliphatic rings. The fourth-order valence-electron chi connectivity index (χ4n) is 1.38. The summed E-state index contributed by atoms with van der Waals surface area (Å²) < 4.78 is 5.75. The Hall–Kier alpha value is -1.03. The third-order valence-electron chi connectivity index (χ3n) is 2.07. The first-order valence-electron chi connectivity index (χ1n) is 4.74. The molecule has 0 amide bonds. The summed E-state index contributed by atoms with van der Waals surface area (Å²) in [6, 6.07) is 3.64. The Bertz CT molecular complexity index is 354. The smallest absolute Gasteiger partial charge is 0.310 e. The second-order valence-electron chi connectivity index (χ2n) is 3.28. The second-order valence-corrected chi connectivity index (χ2v) is 4.13. The van der Waals surface area contributed by atoms with Gasteiger partial charge in [-0.15, -0.1) is 0 Å². The van der Waals surface area contributed by atoms with Crippen molar-refractivity contribution in [1.29, 1.82) is 0 Å². The van der Waals surface area contributed by atoms with Crippen LogP contribution in [0.25, 0.3) is 0 Å². The first-order valence-corrected chi connectivity index (χ1v) is 5.54. The number of anilines is 1. The van der Waals surface area contributed by atoms with E-state index in [2.05, 4.69) is 15.9 Å². The lowest BCUT2D eigenvalue weighted by molar-refractivity contribution is -0.142. The molecule has 0 spiro atoms. The van der Waals surface area contributed by atoms with Crippen LogP contribution < -0.4 is 5.73 Å².